The zero-order valence-corrected chi connectivity index (χ0v) is 13.9. The third-order valence-electron chi connectivity index (χ3n) is 3.04. The Hall–Kier alpha value is -1.98. The molecule has 0 fully saturated rings. The van der Waals surface area contributed by atoms with Gasteiger partial charge in [-0.2, -0.15) is 0 Å². The Bertz CT molecular complexity index is 664. The van der Waals surface area contributed by atoms with Crippen molar-refractivity contribution in [2.45, 2.75) is 6.54 Å². The van der Waals surface area contributed by atoms with Gasteiger partial charge >= 0.3 is 0 Å². The minimum Gasteiger partial charge on any atom is -0.493 e. The number of hydrogen-bond donors (Lipinski definition) is 2. The van der Waals surface area contributed by atoms with Crippen LogP contribution in [0.25, 0.3) is 0 Å². The summed E-state index contributed by atoms with van der Waals surface area (Å²) in [6.45, 7) is 0.554. The van der Waals surface area contributed by atoms with E-state index in [1.54, 1.807) is 14.2 Å². The Labute approximate surface area is 140 Å². The molecule has 2 aromatic carbocycles. The van der Waals surface area contributed by atoms with Crippen LogP contribution in [-0.2, 0) is 6.54 Å². The van der Waals surface area contributed by atoms with Crippen LogP contribution in [0.3, 0.4) is 0 Å². The second-order valence-electron chi connectivity index (χ2n) is 4.47. The highest BCUT2D eigenvalue weighted by Crippen LogP contribution is 2.29. The van der Waals surface area contributed by atoms with Gasteiger partial charge in [0.2, 0.25) is 0 Å². The molecule has 0 aromatic heterocycles. The highest BCUT2D eigenvalue weighted by molar-refractivity contribution is 7.80. The SMILES string of the molecule is COc1ccc(NC(=S)NCc2ccccc2Cl)cc1OC. The van der Waals surface area contributed by atoms with Crippen LogP contribution >= 0.6 is 23.8 Å². The van der Waals surface area contributed by atoms with Gasteiger partial charge in [-0.15, -0.1) is 0 Å². The molecular formula is C16H17ClN2O2S. The molecule has 0 radical (unpaired) electrons. The molecule has 0 bridgehead atoms. The van der Waals surface area contributed by atoms with Crippen LogP contribution in [0.15, 0.2) is 42.5 Å². The van der Waals surface area contributed by atoms with Crippen molar-refractivity contribution in [3.8, 4) is 11.5 Å². The Morgan fingerprint density at radius 3 is 2.50 bits per heavy atom. The molecule has 0 saturated carbocycles. The fraction of sp³-hybridized carbons (Fsp3) is 0.188. The number of methoxy groups -OCH3 is 2. The number of halogens is 1. The van der Waals surface area contributed by atoms with Crippen LogP contribution in [0.1, 0.15) is 5.56 Å². The van der Waals surface area contributed by atoms with Crippen molar-refractivity contribution in [3.05, 3.63) is 53.1 Å². The van der Waals surface area contributed by atoms with E-state index in [4.69, 9.17) is 33.3 Å². The molecule has 2 N–H and O–H groups in total. The second-order valence-corrected chi connectivity index (χ2v) is 5.28. The van der Waals surface area contributed by atoms with E-state index in [-0.39, 0.29) is 0 Å². The Morgan fingerprint density at radius 1 is 1.09 bits per heavy atom. The summed E-state index contributed by atoms with van der Waals surface area (Å²) in [5.41, 5.74) is 1.80. The largest absolute Gasteiger partial charge is 0.493 e. The number of nitrogens with one attached hydrogen (secondary N) is 2. The van der Waals surface area contributed by atoms with Gasteiger partial charge in [0.15, 0.2) is 16.6 Å². The predicted octanol–water partition coefficient (Wildman–Crippen LogP) is 3.84. The number of hydrogen-bond acceptors (Lipinski definition) is 3. The normalized spacial score (nSPS) is 9.95. The fourth-order valence-corrected chi connectivity index (χ4v) is 2.30. The van der Waals surface area contributed by atoms with Crippen molar-refractivity contribution >= 4 is 34.6 Å². The summed E-state index contributed by atoms with van der Waals surface area (Å²) in [6.07, 6.45) is 0. The summed E-state index contributed by atoms with van der Waals surface area (Å²) in [7, 11) is 3.19. The molecule has 116 valence electrons. The summed E-state index contributed by atoms with van der Waals surface area (Å²) in [4.78, 5) is 0. The van der Waals surface area contributed by atoms with Crippen LogP contribution in [0, 0.1) is 0 Å². The Kier molecular flexibility index (Phi) is 5.86. The van der Waals surface area contributed by atoms with Crippen molar-refractivity contribution in [3.63, 3.8) is 0 Å². The molecule has 0 amide bonds. The molecule has 0 spiro atoms. The first kappa shape index (κ1) is 16.4. The van der Waals surface area contributed by atoms with Gasteiger partial charge in [0, 0.05) is 23.3 Å². The molecule has 0 unspecified atom stereocenters. The van der Waals surface area contributed by atoms with E-state index >= 15 is 0 Å². The average molecular weight is 337 g/mol. The maximum absolute atomic E-state index is 6.11. The molecular weight excluding hydrogens is 320 g/mol. The fourth-order valence-electron chi connectivity index (χ4n) is 1.91. The van der Waals surface area contributed by atoms with Gasteiger partial charge in [-0.25, -0.2) is 0 Å². The molecule has 6 heteroatoms. The zero-order chi connectivity index (χ0) is 15.9. The molecule has 0 saturated heterocycles. The third-order valence-corrected chi connectivity index (χ3v) is 3.65. The molecule has 22 heavy (non-hydrogen) atoms. The van der Waals surface area contributed by atoms with E-state index in [0.717, 1.165) is 11.3 Å². The van der Waals surface area contributed by atoms with Gasteiger partial charge in [0.1, 0.15) is 0 Å². The first-order chi connectivity index (χ1) is 10.6. The molecule has 2 aromatic rings. The van der Waals surface area contributed by atoms with E-state index in [9.17, 15) is 0 Å². The quantitative estimate of drug-likeness (QED) is 0.812. The van der Waals surface area contributed by atoms with Crippen LogP contribution in [-0.4, -0.2) is 19.3 Å². The lowest BCUT2D eigenvalue weighted by Gasteiger charge is -2.13. The number of anilines is 1. The number of rotatable bonds is 5. The van der Waals surface area contributed by atoms with Gasteiger partial charge < -0.3 is 20.1 Å². The smallest absolute Gasteiger partial charge is 0.171 e. The van der Waals surface area contributed by atoms with E-state index < -0.39 is 0 Å². The third kappa shape index (κ3) is 4.26. The predicted molar refractivity (Wildman–Crippen MR) is 94.1 cm³/mol. The van der Waals surface area contributed by atoms with Crippen LogP contribution in [0.5, 0.6) is 11.5 Å². The monoisotopic (exact) mass is 336 g/mol. The lowest BCUT2D eigenvalue weighted by Crippen LogP contribution is -2.27. The van der Waals surface area contributed by atoms with E-state index in [2.05, 4.69) is 10.6 Å². The first-order valence-electron chi connectivity index (χ1n) is 6.64. The molecule has 0 aliphatic rings. The maximum Gasteiger partial charge on any atom is 0.171 e. The van der Waals surface area contributed by atoms with E-state index in [1.807, 2.05) is 42.5 Å². The topological polar surface area (TPSA) is 42.5 Å². The molecule has 0 atom stereocenters. The Balaban J connectivity index is 1.96. The summed E-state index contributed by atoms with van der Waals surface area (Å²) in [6, 6.07) is 13.1. The molecule has 0 aliphatic carbocycles. The lowest BCUT2D eigenvalue weighted by molar-refractivity contribution is 0.355. The summed E-state index contributed by atoms with van der Waals surface area (Å²) in [5.74, 6) is 1.31. The minimum atomic E-state index is 0.507. The zero-order valence-electron chi connectivity index (χ0n) is 12.4. The maximum atomic E-state index is 6.11. The van der Waals surface area contributed by atoms with Crippen molar-refractivity contribution in [2.24, 2.45) is 0 Å². The summed E-state index contributed by atoms with van der Waals surface area (Å²) >= 11 is 11.4. The minimum absolute atomic E-state index is 0.507. The van der Waals surface area contributed by atoms with E-state index in [0.29, 0.717) is 28.2 Å². The van der Waals surface area contributed by atoms with Gasteiger partial charge in [0.05, 0.1) is 14.2 Å². The van der Waals surface area contributed by atoms with Gasteiger partial charge in [-0.05, 0) is 36.0 Å². The highest BCUT2D eigenvalue weighted by Gasteiger charge is 2.06. The lowest BCUT2D eigenvalue weighted by atomic mass is 10.2. The van der Waals surface area contributed by atoms with Gasteiger partial charge in [-0.1, -0.05) is 29.8 Å². The standard InChI is InChI=1S/C16H17ClN2O2S/c1-20-14-8-7-12(9-15(14)21-2)19-16(22)18-10-11-5-3-4-6-13(11)17/h3-9H,10H2,1-2H3,(H2,18,19,22). The van der Waals surface area contributed by atoms with Crippen LogP contribution < -0.4 is 20.1 Å². The molecule has 2 rings (SSSR count). The first-order valence-corrected chi connectivity index (χ1v) is 7.43. The van der Waals surface area contributed by atoms with Crippen LogP contribution in [0.2, 0.25) is 5.02 Å². The number of ether oxygens (including phenoxy) is 2. The van der Waals surface area contributed by atoms with Crippen molar-refractivity contribution in [2.75, 3.05) is 19.5 Å². The van der Waals surface area contributed by atoms with E-state index in [1.165, 1.54) is 0 Å². The van der Waals surface area contributed by atoms with Gasteiger partial charge in [0.25, 0.3) is 0 Å². The molecule has 4 nitrogen and oxygen atoms in total. The van der Waals surface area contributed by atoms with Gasteiger partial charge in [-0.3, -0.25) is 0 Å². The van der Waals surface area contributed by atoms with Crippen molar-refractivity contribution in [1.82, 2.24) is 5.32 Å². The second kappa shape index (κ2) is 7.87. The average Bonchev–Trinajstić information content (AvgIpc) is 2.54. The Morgan fingerprint density at radius 2 is 1.82 bits per heavy atom. The summed E-state index contributed by atoms with van der Waals surface area (Å²) < 4.78 is 10.5. The van der Waals surface area contributed by atoms with Crippen molar-refractivity contribution < 1.29 is 9.47 Å². The molecule has 0 aliphatic heterocycles. The number of benzene rings is 2. The summed E-state index contributed by atoms with van der Waals surface area (Å²) in [5, 5.41) is 7.44. The van der Waals surface area contributed by atoms with Crippen molar-refractivity contribution in [1.29, 1.82) is 0 Å². The molecule has 0 heterocycles. The highest BCUT2D eigenvalue weighted by atomic mass is 35.5. The number of thiocarbonyl (C=S) groups is 1. The van der Waals surface area contributed by atoms with Crippen LogP contribution in [0.4, 0.5) is 5.69 Å².